The quantitative estimate of drug-likeness (QED) is 0.0274. The van der Waals surface area contributed by atoms with Crippen LogP contribution >= 0.6 is 7.82 Å². The lowest BCUT2D eigenvalue weighted by Gasteiger charge is -2.32. The molecule has 101 heavy (non-hydrogen) atoms. The van der Waals surface area contributed by atoms with E-state index >= 15 is 0 Å². The number of carbonyl (C=O) groups is 4. The highest BCUT2D eigenvalue weighted by molar-refractivity contribution is 7.47. The summed E-state index contributed by atoms with van der Waals surface area (Å²) in [6.45, 7) is 17.3. The first kappa shape index (κ1) is 93.1. The van der Waals surface area contributed by atoms with E-state index in [9.17, 15) is 33.7 Å². The third-order valence-electron chi connectivity index (χ3n) is 18.4. The lowest BCUT2D eigenvalue weighted by molar-refractivity contribution is -0.161. The van der Waals surface area contributed by atoms with Gasteiger partial charge in [-0.2, -0.15) is 0 Å². The molecule has 0 radical (unpaired) electrons. The largest absolute Gasteiger partial charge is 0.508 e. The van der Waals surface area contributed by atoms with E-state index in [2.05, 4.69) is 75.3 Å². The smallest absolute Gasteiger partial charge is 0.472 e. The van der Waals surface area contributed by atoms with E-state index in [1.165, 1.54) is 147 Å². The molecule has 19 nitrogen and oxygen atoms in total. The van der Waals surface area contributed by atoms with Gasteiger partial charge < -0.3 is 53.8 Å². The standard InChI is InChI=1S/C81H144N3O16P/c1-7-9-11-13-15-17-19-21-23-25-27-29-31-33-41-47-80(88)97-68-74(100-81(89)48-42-34-32-30-28-26-24-22-20-18-16-14-12-10-8-2)69-99-101(90,91)98-66-65-96-64-63-95-62-61-94-60-59-93-58-57-92-56-54-83-79(87)46-40-36-39-45-78(86)82-53-51-72-49-50-77(85)76(67-72)75(73-43-37-35-38-44-73)52-55-84(70(3)4)71(5)6/h35,37-38,43-44,49-50,67,70-71,74-75,85H,7-34,36,39-42,45-48,51-66,68-69H2,1-6H3,(H,82,86)(H,83,87)(H,90,91)/t74-,75-/m1/s1. The average Bonchev–Trinajstić information content (AvgIpc) is 0.821. The van der Waals surface area contributed by atoms with E-state index in [1.54, 1.807) is 6.07 Å². The number of amides is 2. The Balaban J connectivity index is 1.51. The van der Waals surface area contributed by atoms with Crippen LogP contribution in [0.2, 0.25) is 0 Å². The molecule has 0 heterocycles. The molecule has 584 valence electrons. The second-order valence-corrected chi connectivity index (χ2v) is 29.4. The number of nitrogens with one attached hydrogen (secondary N) is 2. The lowest BCUT2D eigenvalue weighted by atomic mass is 9.86. The molecule has 0 aliphatic carbocycles. The molecule has 0 fully saturated rings. The van der Waals surface area contributed by atoms with Gasteiger partial charge in [0.1, 0.15) is 12.4 Å². The van der Waals surface area contributed by atoms with Gasteiger partial charge in [0.25, 0.3) is 0 Å². The molecule has 0 saturated carbocycles. The van der Waals surface area contributed by atoms with Crippen LogP contribution in [0.15, 0.2) is 48.5 Å². The fourth-order valence-electron chi connectivity index (χ4n) is 12.5. The summed E-state index contributed by atoms with van der Waals surface area (Å²) in [4.78, 5) is 63.6. The summed E-state index contributed by atoms with van der Waals surface area (Å²) >= 11 is 0. The van der Waals surface area contributed by atoms with Crippen LogP contribution in [-0.2, 0) is 72.4 Å². The van der Waals surface area contributed by atoms with Gasteiger partial charge in [0.15, 0.2) is 6.10 Å². The first-order chi connectivity index (χ1) is 49.1. The van der Waals surface area contributed by atoms with Crippen molar-refractivity contribution in [3.8, 4) is 5.75 Å². The topological polar surface area (TPSA) is 236 Å². The molecule has 0 bridgehead atoms. The molecule has 2 rings (SSSR count). The number of carbonyl (C=O) groups excluding carboxylic acids is 4. The number of rotatable bonds is 73. The maximum atomic E-state index is 12.9. The van der Waals surface area contributed by atoms with Crippen molar-refractivity contribution in [1.29, 1.82) is 0 Å². The Bertz CT molecular complexity index is 2330. The third kappa shape index (κ3) is 55.2. The van der Waals surface area contributed by atoms with Crippen LogP contribution in [0.3, 0.4) is 0 Å². The molecule has 0 aliphatic rings. The van der Waals surface area contributed by atoms with Gasteiger partial charge >= 0.3 is 19.8 Å². The Labute approximate surface area is 612 Å². The van der Waals surface area contributed by atoms with E-state index < -0.39 is 32.5 Å². The van der Waals surface area contributed by atoms with E-state index in [1.807, 2.05) is 24.3 Å². The van der Waals surface area contributed by atoms with Crippen LogP contribution in [0.25, 0.3) is 0 Å². The van der Waals surface area contributed by atoms with Gasteiger partial charge in [0.2, 0.25) is 11.8 Å². The zero-order valence-electron chi connectivity index (χ0n) is 64.3. The summed E-state index contributed by atoms with van der Waals surface area (Å²) in [5, 5.41) is 17.0. The molecule has 1 unspecified atom stereocenters. The molecule has 0 saturated heterocycles. The van der Waals surface area contributed by atoms with E-state index in [4.69, 9.17) is 42.2 Å². The highest BCUT2D eigenvalue weighted by atomic mass is 31.2. The normalized spacial score (nSPS) is 12.9. The molecule has 3 atom stereocenters. The summed E-state index contributed by atoms with van der Waals surface area (Å²) in [5.41, 5.74) is 3.15. The molecule has 2 amide bonds. The Morgan fingerprint density at radius 1 is 0.455 bits per heavy atom. The van der Waals surface area contributed by atoms with Gasteiger partial charge in [-0.15, -0.1) is 0 Å². The average molecular weight is 1450 g/mol. The minimum atomic E-state index is -4.56. The van der Waals surface area contributed by atoms with Crippen molar-refractivity contribution in [3.05, 3.63) is 65.2 Å². The number of hydrogen-bond donors (Lipinski definition) is 4. The minimum absolute atomic E-state index is 0.00456. The summed E-state index contributed by atoms with van der Waals surface area (Å²) in [7, 11) is -4.56. The monoisotopic (exact) mass is 1450 g/mol. The first-order valence-electron chi connectivity index (χ1n) is 40.2. The van der Waals surface area contributed by atoms with Gasteiger partial charge in [0, 0.05) is 62.3 Å². The number of benzene rings is 2. The Hall–Kier alpha value is -4.01. The summed E-state index contributed by atoms with van der Waals surface area (Å²) in [6.07, 6.45) is 40.6. The van der Waals surface area contributed by atoms with Crippen molar-refractivity contribution in [3.63, 3.8) is 0 Å². The Morgan fingerprint density at radius 2 is 0.851 bits per heavy atom. The van der Waals surface area contributed by atoms with Crippen LogP contribution < -0.4 is 10.6 Å². The second kappa shape index (κ2) is 65.5. The molecular weight excluding hydrogens is 1300 g/mol. The van der Waals surface area contributed by atoms with E-state index in [-0.39, 0.29) is 69.4 Å². The van der Waals surface area contributed by atoms with Gasteiger partial charge in [-0.3, -0.25) is 33.1 Å². The van der Waals surface area contributed by atoms with Crippen molar-refractivity contribution in [2.24, 2.45) is 0 Å². The first-order valence-corrected chi connectivity index (χ1v) is 41.7. The van der Waals surface area contributed by atoms with Gasteiger partial charge in [-0.25, -0.2) is 4.57 Å². The summed E-state index contributed by atoms with van der Waals surface area (Å²) in [5.74, 6) is -0.596. The fraction of sp³-hybridized carbons (Fsp3) is 0.802. The number of phosphoric acid groups is 1. The highest BCUT2D eigenvalue weighted by Gasteiger charge is 2.27. The van der Waals surface area contributed by atoms with Crippen molar-refractivity contribution >= 4 is 31.6 Å². The number of unbranched alkanes of at least 4 members (excludes halogenated alkanes) is 30. The molecule has 0 aromatic heterocycles. The number of phenolic OH excluding ortho intramolecular Hbond substituents is 1. The maximum absolute atomic E-state index is 12.9. The molecule has 20 heteroatoms. The molecular formula is C81H144N3O16P. The zero-order valence-corrected chi connectivity index (χ0v) is 65.2. The van der Waals surface area contributed by atoms with Gasteiger partial charge in [0.05, 0.1) is 79.3 Å². The number of ether oxygens (including phenoxy) is 7. The predicted molar refractivity (Wildman–Crippen MR) is 407 cm³/mol. The number of phenols is 1. The van der Waals surface area contributed by atoms with E-state index in [0.29, 0.717) is 116 Å². The lowest BCUT2D eigenvalue weighted by Crippen LogP contribution is -2.38. The molecule has 2 aromatic carbocycles. The van der Waals surface area contributed by atoms with Crippen molar-refractivity contribution in [1.82, 2.24) is 15.5 Å². The highest BCUT2D eigenvalue weighted by Crippen LogP contribution is 2.43. The molecule has 2 aromatic rings. The predicted octanol–water partition coefficient (Wildman–Crippen LogP) is 18.0. The number of phosphoric ester groups is 1. The van der Waals surface area contributed by atoms with Crippen LogP contribution in [0.4, 0.5) is 0 Å². The van der Waals surface area contributed by atoms with Crippen molar-refractivity contribution in [2.45, 2.75) is 316 Å². The van der Waals surface area contributed by atoms with Crippen LogP contribution in [0.1, 0.15) is 308 Å². The molecule has 0 aliphatic heterocycles. The van der Waals surface area contributed by atoms with Crippen molar-refractivity contribution < 1.29 is 75.9 Å². The van der Waals surface area contributed by atoms with Gasteiger partial charge in [-0.1, -0.05) is 243 Å². The number of nitrogens with zero attached hydrogens (tertiary/aromatic N) is 1. The Kier molecular flexibility index (Phi) is 60.4. The van der Waals surface area contributed by atoms with Gasteiger partial charge in [-0.05, 0) is 90.0 Å². The Morgan fingerprint density at radius 3 is 1.31 bits per heavy atom. The SMILES string of the molecule is CCCCCCCCCCCCCCCCCC(=O)OC[C@H](COP(=O)(O)OCCOCCOCCOCCOCCOCCNC(=O)CCCCCC(=O)NCCc1ccc(O)c([C@H](CCN(C(C)C)C(C)C)c2ccccc2)c1)OC(=O)CCCCCCCCCCCCCCCCC. The summed E-state index contributed by atoms with van der Waals surface area (Å²) < 4.78 is 62.0. The number of hydrogen-bond acceptors (Lipinski definition) is 16. The number of aromatic hydroxyl groups is 1. The van der Waals surface area contributed by atoms with Crippen LogP contribution in [-0.4, -0.2) is 162 Å². The van der Waals surface area contributed by atoms with Crippen molar-refractivity contribution in [2.75, 3.05) is 106 Å². The zero-order chi connectivity index (χ0) is 73.3. The summed E-state index contributed by atoms with van der Waals surface area (Å²) in [6, 6.07) is 17.0. The van der Waals surface area contributed by atoms with E-state index in [0.717, 1.165) is 69.0 Å². The number of esters is 2. The fourth-order valence-corrected chi connectivity index (χ4v) is 13.2. The maximum Gasteiger partial charge on any atom is 0.472 e. The van der Waals surface area contributed by atoms with Crippen LogP contribution in [0.5, 0.6) is 5.75 Å². The second-order valence-electron chi connectivity index (χ2n) is 27.9. The molecule has 0 spiro atoms. The third-order valence-corrected chi connectivity index (χ3v) is 19.4. The minimum Gasteiger partial charge on any atom is -0.508 e. The van der Waals surface area contributed by atoms with Crippen LogP contribution in [0, 0.1) is 0 Å². The molecule has 4 N–H and O–H groups in total.